The third kappa shape index (κ3) is 2.23. The fourth-order valence-electron chi connectivity index (χ4n) is 2.44. The molecule has 1 heterocycles. The number of rotatable bonds is 0. The fourth-order valence-corrected chi connectivity index (χ4v) is 2.44. The van der Waals surface area contributed by atoms with Gasteiger partial charge in [0.25, 0.3) is 0 Å². The molecule has 0 aromatic heterocycles. The molecule has 1 aliphatic heterocycles. The fraction of sp³-hybridized carbons (Fsp3) is 0.571. The summed E-state index contributed by atoms with van der Waals surface area (Å²) >= 11 is 0. The Morgan fingerprint density at radius 2 is 1.93 bits per heavy atom. The molecule has 0 bridgehead atoms. The van der Waals surface area contributed by atoms with Crippen molar-refractivity contribution in [3.05, 3.63) is 35.4 Å². The van der Waals surface area contributed by atoms with E-state index in [1.807, 2.05) is 0 Å². The molecule has 0 saturated heterocycles. The highest BCUT2D eigenvalue weighted by Gasteiger charge is 2.29. The van der Waals surface area contributed by atoms with Crippen molar-refractivity contribution in [3.63, 3.8) is 0 Å². The Hall–Kier alpha value is -0.820. The second-order valence-electron chi connectivity index (χ2n) is 5.46. The van der Waals surface area contributed by atoms with Gasteiger partial charge in [-0.1, -0.05) is 45.0 Å². The first kappa shape index (κ1) is 10.7. The van der Waals surface area contributed by atoms with E-state index in [9.17, 15) is 0 Å². The van der Waals surface area contributed by atoms with E-state index in [1.54, 1.807) is 0 Å². The van der Waals surface area contributed by atoms with E-state index in [-0.39, 0.29) is 0 Å². The number of hydrogen-bond acceptors (Lipinski definition) is 1. The molecule has 0 N–H and O–H groups in total. The second kappa shape index (κ2) is 3.97. The Kier molecular flexibility index (Phi) is 2.83. The minimum absolute atomic E-state index is 0.323. The highest BCUT2D eigenvalue weighted by Crippen LogP contribution is 2.40. The number of ether oxygens (including phenoxy) is 1. The Bertz CT molecular complexity index is 335. The van der Waals surface area contributed by atoms with E-state index in [0.29, 0.717) is 11.3 Å². The first-order valence-electron chi connectivity index (χ1n) is 5.74. The lowest BCUT2D eigenvalue weighted by molar-refractivity contribution is 0.114. The predicted octanol–water partition coefficient (Wildman–Crippen LogP) is 3.74. The summed E-state index contributed by atoms with van der Waals surface area (Å²) in [5.74, 6) is 0.621. The molecule has 0 saturated carbocycles. The number of benzene rings is 1. The van der Waals surface area contributed by atoms with Gasteiger partial charge in [-0.3, -0.25) is 0 Å². The van der Waals surface area contributed by atoms with E-state index >= 15 is 0 Å². The summed E-state index contributed by atoms with van der Waals surface area (Å²) in [4.78, 5) is 0. The van der Waals surface area contributed by atoms with Crippen molar-refractivity contribution in [1.29, 1.82) is 0 Å². The lowest BCUT2D eigenvalue weighted by atomic mass is 9.74. The van der Waals surface area contributed by atoms with Crippen molar-refractivity contribution in [2.75, 3.05) is 6.61 Å². The zero-order chi connectivity index (χ0) is 10.9. The Morgan fingerprint density at radius 1 is 1.20 bits per heavy atom. The molecule has 0 spiro atoms. The van der Waals surface area contributed by atoms with Gasteiger partial charge in [-0.2, -0.15) is 0 Å². The summed E-state index contributed by atoms with van der Waals surface area (Å²) in [5, 5.41) is 0. The summed E-state index contributed by atoms with van der Waals surface area (Å²) in [6, 6.07) is 8.70. The van der Waals surface area contributed by atoms with E-state index in [1.165, 1.54) is 11.1 Å². The minimum Gasteiger partial charge on any atom is -0.377 e. The largest absolute Gasteiger partial charge is 0.377 e. The van der Waals surface area contributed by atoms with Crippen LogP contribution < -0.4 is 0 Å². The topological polar surface area (TPSA) is 9.23 Å². The van der Waals surface area contributed by atoms with Crippen LogP contribution in [-0.2, 0) is 11.3 Å². The maximum absolute atomic E-state index is 5.65. The molecule has 2 rings (SSSR count). The van der Waals surface area contributed by atoms with Crippen LogP contribution in [0.3, 0.4) is 0 Å². The van der Waals surface area contributed by atoms with E-state index < -0.39 is 0 Å². The molecule has 15 heavy (non-hydrogen) atoms. The third-order valence-corrected chi connectivity index (χ3v) is 3.28. The molecule has 1 heteroatoms. The number of fused-ring (bicyclic) bond motifs is 1. The first-order chi connectivity index (χ1) is 7.09. The van der Waals surface area contributed by atoms with Crippen molar-refractivity contribution in [1.82, 2.24) is 0 Å². The molecule has 0 amide bonds. The van der Waals surface area contributed by atoms with Crippen molar-refractivity contribution >= 4 is 0 Å². The molecular weight excluding hydrogens is 184 g/mol. The van der Waals surface area contributed by atoms with Crippen molar-refractivity contribution < 1.29 is 4.74 Å². The Balaban J connectivity index is 2.41. The molecule has 1 aromatic rings. The van der Waals surface area contributed by atoms with Crippen LogP contribution in [0.25, 0.3) is 0 Å². The van der Waals surface area contributed by atoms with Gasteiger partial charge in [-0.15, -0.1) is 0 Å². The summed E-state index contributed by atoms with van der Waals surface area (Å²) < 4.78 is 5.65. The first-order valence-corrected chi connectivity index (χ1v) is 5.74. The molecule has 1 aliphatic rings. The van der Waals surface area contributed by atoms with Gasteiger partial charge in [0.1, 0.15) is 0 Å². The van der Waals surface area contributed by atoms with Gasteiger partial charge in [0, 0.05) is 6.61 Å². The molecule has 1 nitrogen and oxygen atoms in total. The van der Waals surface area contributed by atoms with Crippen LogP contribution in [0.2, 0.25) is 0 Å². The van der Waals surface area contributed by atoms with Crippen molar-refractivity contribution in [3.8, 4) is 0 Å². The summed E-state index contributed by atoms with van der Waals surface area (Å²) in [6.07, 6.45) is 1.14. The van der Waals surface area contributed by atoms with Crippen LogP contribution in [0.5, 0.6) is 0 Å². The van der Waals surface area contributed by atoms with Crippen LogP contribution in [-0.4, -0.2) is 6.61 Å². The van der Waals surface area contributed by atoms with E-state index in [2.05, 4.69) is 45.0 Å². The molecule has 1 aromatic carbocycles. The van der Waals surface area contributed by atoms with Crippen molar-refractivity contribution in [2.24, 2.45) is 5.41 Å². The molecule has 0 radical (unpaired) electrons. The maximum Gasteiger partial charge on any atom is 0.0719 e. The van der Waals surface area contributed by atoms with Gasteiger partial charge in [0.05, 0.1) is 6.61 Å². The van der Waals surface area contributed by atoms with Crippen LogP contribution >= 0.6 is 0 Å². The van der Waals surface area contributed by atoms with Crippen LogP contribution in [0.4, 0.5) is 0 Å². The van der Waals surface area contributed by atoms with Gasteiger partial charge in [-0.25, -0.2) is 0 Å². The zero-order valence-electron chi connectivity index (χ0n) is 9.92. The van der Waals surface area contributed by atoms with Gasteiger partial charge in [0.15, 0.2) is 0 Å². The Morgan fingerprint density at radius 3 is 2.67 bits per heavy atom. The van der Waals surface area contributed by atoms with Crippen molar-refractivity contribution in [2.45, 2.75) is 39.7 Å². The van der Waals surface area contributed by atoms with E-state index in [0.717, 1.165) is 19.6 Å². The normalized spacial score (nSPS) is 21.9. The SMILES string of the molecule is CC(C)(C)C1CCOCc2ccccc21. The predicted molar refractivity (Wildman–Crippen MR) is 62.9 cm³/mol. The van der Waals surface area contributed by atoms with Gasteiger partial charge >= 0.3 is 0 Å². The smallest absolute Gasteiger partial charge is 0.0719 e. The highest BCUT2D eigenvalue weighted by atomic mass is 16.5. The summed E-state index contributed by atoms with van der Waals surface area (Å²) in [7, 11) is 0. The van der Waals surface area contributed by atoms with Gasteiger partial charge in [0.2, 0.25) is 0 Å². The quantitative estimate of drug-likeness (QED) is 0.625. The lowest BCUT2D eigenvalue weighted by Gasteiger charge is -2.30. The summed E-state index contributed by atoms with van der Waals surface area (Å²) in [5.41, 5.74) is 3.18. The minimum atomic E-state index is 0.323. The summed E-state index contributed by atoms with van der Waals surface area (Å²) in [6.45, 7) is 8.62. The molecule has 0 fully saturated rings. The van der Waals surface area contributed by atoms with Gasteiger partial charge < -0.3 is 4.74 Å². The average molecular weight is 204 g/mol. The molecule has 82 valence electrons. The molecule has 0 aliphatic carbocycles. The maximum atomic E-state index is 5.65. The zero-order valence-corrected chi connectivity index (χ0v) is 9.92. The number of hydrogen-bond donors (Lipinski definition) is 0. The van der Waals surface area contributed by atoms with Gasteiger partial charge in [-0.05, 0) is 28.9 Å². The second-order valence-corrected chi connectivity index (χ2v) is 5.46. The van der Waals surface area contributed by atoms with Crippen LogP contribution in [0, 0.1) is 5.41 Å². The lowest BCUT2D eigenvalue weighted by Crippen LogP contribution is -2.19. The molecule has 1 unspecified atom stereocenters. The monoisotopic (exact) mass is 204 g/mol. The van der Waals surface area contributed by atoms with E-state index in [4.69, 9.17) is 4.74 Å². The standard InChI is InChI=1S/C14H20O/c1-14(2,3)13-8-9-15-10-11-6-4-5-7-12(11)13/h4-7,13H,8-10H2,1-3H3. The average Bonchev–Trinajstić information content (AvgIpc) is 2.38. The van der Waals surface area contributed by atoms with Crippen LogP contribution in [0.15, 0.2) is 24.3 Å². The molecular formula is C14H20O. The van der Waals surface area contributed by atoms with Crippen LogP contribution in [0.1, 0.15) is 44.2 Å². The highest BCUT2D eigenvalue weighted by molar-refractivity contribution is 5.31. The Labute approximate surface area is 92.5 Å². The third-order valence-electron chi connectivity index (χ3n) is 3.28. The molecule has 1 atom stereocenters.